The van der Waals surface area contributed by atoms with Gasteiger partial charge in [0, 0.05) is 30.3 Å². The van der Waals surface area contributed by atoms with Gasteiger partial charge in [0.1, 0.15) is 0 Å². The molecule has 0 aromatic heterocycles. The second kappa shape index (κ2) is 6.62. The number of benzene rings is 2. The normalized spacial score (nSPS) is 10.3. The number of nitrogens with zero attached hydrogens (tertiary/aromatic N) is 1. The Morgan fingerprint density at radius 2 is 1.60 bits per heavy atom. The molecule has 0 atom stereocenters. The van der Waals surface area contributed by atoms with Crippen molar-refractivity contribution in [1.82, 2.24) is 4.90 Å². The Hall–Kier alpha value is -1.74. The minimum Gasteiger partial charge on any atom is -0.345 e. The highest BCUT2D eigenvalue weighted by atomic mass is 32.2. The lowest BCUT2D eigenvalue weighted by atomic mass is 10.1. The summed E-state index contributed by atoms with van der Waals surface area (Å²) in [6.45, 7) is 2.09. The minimum atomic E-state index is 0.0442. The van der Waals surface area contributed by atoms with Crippen LogP contribution in [0.15, 0.2) is 53.4 Å². The summed E-state index contributed by atoms with van der Waals surface area (Å²) in [6.07, 6.45) is 0. The summed E-state index contributed by atoms with van der Waals surface area (Å²) in [5.41, 5.74) is 3.24. The fourth-order valence-corrected chi connectivity index (χ4v) is 2.66. The molecule has 1 amide bonds. The molecule has 0 N–H and O–H groups in total. The van der Waals surface area contributed by atoms with Crippen molar-refractivity contribution in [2.75, 3.05) is 14.1 Å². The second-order valence-corrected chi connectivity index (χ2v) is 6.05. The zero-order chi connectivity index (χ0) is 14.5. The van der Waals surface area contributed by atoms with E-state index in [4.69, 9.17) is 0 Å². The first kappa shape index (κ1) is 14.7. The van der Waals surface area contributed by atoms with Crippen LogP contribution in [-0.4, -0.2) is 24.9 Å². The number of hydrogen-bond acceptors (Lipinski definition) is 2. The Morgan fingerprint density at radius 1 is 1.00 bits per heavy atom. The Morgan fingerprint density at radius 3 is 2.15 bits per heavy atom. The molecule has 0 bridgehead atoms. The fraction of sp³-hybridized carbons (Fsp3) is 0.235. The number of rotatable bonds is 4. The van der Waals surface area contributed by atoms with Crippen LogP contribution in [0, 0.1) is 6.92 Å². The van der Waals surface area contributed by atoms with E-state index in [0.717, 1.165) is 11.3 Å². The third-order valence-electron chi connectivity index (χ3n) is 3.03. The van der Waals surface area contributed by atoms with E-state index in [1.165, 1.54) is 16.0 Å². The van der Waals surface area contributed by atoms with Gasteiger partial charge < -0.3 is 4.90 Å². The van der Waals surface area contributed by atoms with Crippen molar-refractivity contribution in [3.63, 3.8) is 0 Å². The van der Waals surface area contributed by atoms with E-state index in [0.29, 0.717) is 0 Å². The maximum atomic E-state index is 11.8. The molecule has 0 saturated heterocycles. The SMILES string of the molecule is Cc1ccc(SCc2ccc(C(=O)N(C)C)cc2)cc1. The van der Waals surface area contributed by atoms with Crippen LogP contribution in [0.3, 0.4) is 0 Å². The van der Waals surface area contributed by atoms with Crippen LogP contribution in [0.1, 0.15) is 21.5 Å². The van der Waals surface area contributed by atoms with Crippen LogP contribution in [-0.2, 0) is 5.75 Å². The average molecular weight is 285 g/mol. The Kier molecular flexibility index (Phi) is 4.85. The standard InChI is InChI=1S/C17H19NOS/c1-13-4-10-16(11-5-13)20-12-14-6-8-15(9-7-14)17(19)18(2)3/h4-11H,12H2,1-3H3. The Bertz CT molecular complexity index is 573. The van der Waals surface area contributed by atoms with E-state index in [1.54, 1.807) is 19.0 Å². The lowest BCUT2D eigenvalue weighted by Crippen LogP contribution is -2.21. The van der Waals surface area contributed by atoms with Gasteiger partial charge in [-0.3, -0.25) is 4.79 Å². The molecule has 0 aliphatic heterocycles. The molecule has 20 heavy (non-hydrogen) atoms. The van der Waals surface area contributed by atoms with Gasteiger partial charge in [-0.05, 0) is 36.8 Å². The first-order valence-electron chi connectivity index (χ1n) is 6.56. The summed E-state index contributed by atoms with van der Waals surface area (Å²) in [7, 11) is 3.53. The molecule has 2 rings (SSSR count). The topological polar surface area (TPSA) is 20.3 Å². The summed E-state index contributed by atoms with van der Waals surface area (Å²) >= 11 is 1.81. The molecule has 2 nitrogen and oxygen atoms in total. The van der Waals surface area contributed by atoms with Gasteiger partial charge in [0.2, 0.25) is 0 Å². The van der Waals surface area contributed by atoms with Crippen molar-refractivity contribution in [3.05, 3.63) is 65.2 Å². The largest absolute Gasteiger partial charge is 0.345 e. The number of amides is 1. The number of hydrogen-bond donors (Lipinski definition) is 0. The van der Waals surface area contributed by atoms with Gasteiger partial charge in [-0.15, -0.1) is 11.8 Å². The van der Waals surface area contributed by atoms with Crippen LogP contribution in [0.25, 0.3) is 0 Å². The van der Waals surface area contributed by atoms with Crippen molar-refractivity contribution in [2.45, 2.75) is 17.6 Å². The van der Waals surface area contributed by atoms with Gasteiger partial charge in [0.05, 0.1) is 0 Å². The van der Waals surface area contributed by atoms with Crippen LogP contribution >= 0.6 is 11.8 Å². The smallest absolute Gasteiger partial charge is 0.253 e. The van der Waals surface area contributed by atoms with E-state index in [1.807, 2.05) is 36.0 Å². The summed E-state index contributed by atoms with van der Waals surface area (Å²) in [6, 6.07) is 16.4. The number of thioether (sulfide) groups is 1. The highest BCUT2D eigenvalue weighted by Gasteiger charge is 2.07. The number of aryl methyl sites for hydroxylation is 1. The monoisotopic (exact) mass is 285 g/mol. The summed E-state index contributed by atoms with van der Waals surface area (Å²) in [4.78, 5) is 14.6. The molecule has 0 unspecified atom stereocenters. The maximum Gasteiger partial charge on any atom is 0.253 e. The molecule has 104 valence electrons. The lowest BCUT2D eigenvalue weighted by Gasteiger charge is -2.10. The molecule has 0 fully saturated rings. The number of carbonyl (C=O) groups is 1. The first-order valence-corrected chi connectivity index (χ1v) is 7.55. The van der Waals surface area contributed by atoms with Crippen molar-refractivity contribution in [3.8, 4) is 0 Å². The molecule has 0 radical (unpaired) electrons. The molecule has 0 spiro atoms. The first-order chi connectivity index (χ1) is 9.56. The van der Waals surface area contributed by atoms with Gasteiger partial charge >= 0.3 is 0 Å². The van der Waals surface area contributed by atoms with E-state index < -0.39 is 0 Å². The molecule has 0 saturated carbocycles. The van der Waals surface area contributed by atoms with Gasteiger partial charge in [0.15, 0.2) is 0 Å². The quantitative estimate of drug-likeness (QED) is 0.792. The zero-order valence-corrected chi connectivity index (χ0v) is 12.9. The summed E-state index contributed by atoms with van der Waals surface area (Å²) < 4.78 is 0. The summed E-state index contributed by atoms with van der Waals surface area (Å²) in [5, 5.41) is 0. The molecule has 2 aromatic carbocycles. The van der Waals surface area contributed by atoms with E-state index in [2.05, 4.69) is 31.2 Å². The van der Waals surface area contributed by atoms with E-state index >= 15 is 0 Å². The highest BCUT2D eigenvalue weighted by Crippen LogP contribution is 2.23. The third-order valence-corrected chi connectivity index (χ3v) is 4.12. The summed E-state index contributed by atoms with van der Waals surface area (Å²) in [5.74, 6) is 0.960. The predicted octanol–water partition coefficient (Wildman–Crippen LogP) is 3.99. The van der Waals surface area contributed by atoms with Crippen molar-refractivity contribution in [2.24, 2.45) is 0 Å². The van der Waals surface area contributed by atoms with Crippen LogP contribution in [0.4, 0.5) is 0 Å². The van der Waals surface area contributed by atoms with Crippen molar-refractivity contribution >= 4 is 17.7 Å². The van der Waals surface area contributed by atoms with Crippen molar-refractivity contribution < 1.29 is 4.79 Å². The van der Waals surface area contributed by atoms with Gasteiger partial charge in [-0.2, -0.15) is 0 Å². The number of carbonyl (C=O) groups excluding carboxylic acids is 1. The van der Waals surface area contributed by atoms with Gasteiger partial charge in [-0.25, -0.2) is 0 Å². The second-order valence-electron chi connectivity index (χ2n) is 5.00. The van der Waals surface area contributed by atoms with Crippen LogP contribution < -0.4 is 0 Å². The Balaban J connectivity index is 1.97. The molecule has 0 heterocycles. The minimum absolute atomic E-state index is 0.0442. The van der Waals surface area contributed by atoms with Gasteiger partial charge in [0.25, 0.3) is 5.91 Å². The highest BCUT2D eigenvalue weighted by molar-refractivity contribution is 7.98. The average Bonchev–Trinajstić information content (AvgIpc) is 2.46. The van der Waals surface area contributed by atoms with Gasteiger partial charge in [-0.1, -0.05) is 29.8 Å². The molecule has 0 aliphatic rings. The molecular formula is C17H19NOS. The molecule has 3 heteroatoms. The van der Waals surface area contributed by atoms with Crippen LogP contribution in [0.2, 0.25) is 0 Å². The van der Waals surface area contributed by atoms with Crippen molar-refractivity contribution in [1.29, 1.82) is 0 Å². The van der Waals surface area contributed by atoms with E-state index in [-0.39, 0.29) is 5.91 Å². The predicted molar refractivity (Wildman–Crippen MR) is 85.2 cm³/mol. The van der Waals surface area contributed by atoms with E-state index in [9.17, 15) is 4.79 Å². The van der Waals surface area contributed by atoms with Crippen LogP contribution in [0.5, 0.6) is 0 Å². The molecule has 0 aliphatic carbocycles. The molecular weight excluding hydrogens is 266 g/mol. The third kappa shape index (κ3) is 3.87. The zero-order valence-electron chi connectivity index (χ0n) is 12.1. The molecule has 2 aromatic rings. The maximum absolute atomic E-state index is 11.8. The lowest BCUT2D eigenvalue weighted by molar-refractivity contribution is 0.0827. The fourth-order valence-electron chi connectivity index (χ4n) is 1.80. The Labute approximate surface area is 124 Å².